The lowest BCUT2D eigenvalue weighted by molar-refractivity contribution is 0.414. The molecule has 92 valence electrons. The Morgan fingerprint density at radius 1 is 1.39 bits per heavy atom. The van der Waals surface area contributed by atoms with Gasteiger partial charge in [0.25, 0.3) is 0 Å². The number of ether oxygens (including phenoxy) is 1. The second-order valence-corrected chi connectivity index (χ2v) is 4.67. The van der Waals surface area contributed by atoms with Gasteiger partial charge in [-0.15, -0.1) is 0 Å². The summed E-state index contributed by atoms with van der Waals surface area (Å²) in [7, 11) is 1.62. The Hall–Kier alpha value is -1.93. The molecular weight excluding hydrogens is 248 g/mol. The van der Waals surface area contributed by atoms with Gasteiger partial charge in [-0.05, 0) is 30.0 Å². The zero-order valence-electron chi connectivity index (χ0n) is 10.1. The van der Waals surface area contributed by atoms with E-state index in [9.17, 15) is 0 Å². The average molecular weight is 260 g/mol. The Morgan fingerprint density at radius 2 is 2.11 bits per heavy atom. The average Bonchev–Trinajstić information content (AvgIpc) is 2.82. The molecular formula is C13H12N2O2S. The van der Waals surface area contributed by atoms with Crippen molar-refractivity contribution in [2.24, 2.45) is 0 Å². The molecule has 0 saturated carbocycles. The van der Waals surface area contributed by atoms with Crippen LogP contribution in [0.4, 0.5) is 0 Å². The quantitative estimate of drug-likeness (QED) is 0.789. The van der Waals surface area contributed by atoms with Crippen molar-refractivity contribution in [2.75, 3.05) is 12.9 Å². The highest BCUT2D eigenvalue weighted by Gasteiger charge is 2.14. The summed E-state index contributed by atoms with van der Waals surface area (Å²) in [6.07, 6.45) is 0. The molecule has 0 radical (unpaired) electrons. The standard InChI is InChI=1S/C13H12N2O2S/c1-3-18-13-11(8-14)15-12(17-13)9-4-6-10(16-2)7-5-9/h4-7H,3H2,1-2H3. The van der Waals surface area contributed by atoms with Crippen LogP contribution in [-0.2, 0) is 0 Å². The van der Waals surface area contributed by atoms with E-state index in [0.29, 0.717) is 16.7 Å². The van der Waals surface area contributed by atoms with Gasteiger partial charge < -0.3 is 9.15 Å². The molecule has 18 heavy (non-hydrogen) atoms. The number of methoxy groups -OCH3 is 1. The molecule has 0 unspecified atom stereocenters. The Bertz CT molecular complexity index is 570. The molecule has 0 N–H and O–H groups in total. The second kappa shape index (κ2) is 5.61. The number of oxazole rings is 1. The molecule has 0 aliphatic rings. The minimum Gasteiger partial charge on any atom is -0.497 e. The zero-order valence-corrected chi connectivity index (χ0v) is 11.0. The van der Waals surface area contributed by atoms with Crippen LogP contribution >= 0.6 is 11.8 Å². The monoisotopic (exact) mass is 260 g/mol. The minimum atomic E-state index is 0.340. The number of nitrogens with zero attached hydrogens (tertiary/aromatic N) is 2. The molecule has 0 bridgehead atoms. The van der Waals surface area contributed by atoms with Crippen LogP contribution in [-0.4, -0.2) is 17.8 Å². The molecule has 1 aromatic heterocycles. The predicted octanol–water partition coefficient (Wildman–Crippen LogP) is 3.33. The molecule has 0 spiro atoms. The molecule has 0 atom stereocenters. The highest BCUT2D eigenvalue weighted by Crippen LogP contribution is 2.29. The summed E-state index contributed by atoms with van der Waals surface area (Å²) in [5, 5.41) is 9.56. The molecule has 1 heterocycles. The fraction of sp³-hybridized carbons (Fsp3) is 0.231. The van der Waals surface area contributed by atoms with E-state index in [4.69, 9.17) is 14.4 Å². The number of hydrogen-bond donors (Lipinski definition) is 0. The molecule has 0 saturated heterocycles. The highest BCUT2D eigenvalue weighted by molar-refractivity contribution is 7.99. The molecule has 2 rings (SSSR count). The first kappa shape index (κ1) is 12.5. The number of nitriles is 1. The van der Waals surface area contributed by atoms with Gasteiger partial charge in [-0.1, -0.05) is 18.7 Å². The van der Waals surface area contributed by atoms with Crippen LogP contribution in [0.25, 0.3) is 11.5 Å². The van der Waals surface area contributed by atoms with Crippen molar-refractivity contribution in [3.05, 3.63) is 30.0 Å². The number of benzene rings is 1. The largest absolute Gasteiger partial charge is 0.497 e. The maximum absolute atomic E-state index is 8.98. The van der Waals surface area contributed by atoms with Gasteiger partial charge in [0.1, 0.15) is 11.8 Å². The minimum absolute atomic E-state index is 0.340. The smallest absolute Gasteiger partial charge is 0.228 e. The van der Waals surface area contributed by atoms with Crippen molar-refractivity contribution in [3.8, 4) is 23.3 Å². The first-order valence-electron chi connectivity index (χ1n) is 5.46. The Kier molecular flexibility index (Phi) is 3.90. The second-order valence-electron chi connectivity index (χ2n) is 3.43. The summed E-state index contributed by atoms with van der Waals surface area (Å²) in [4.78, 5) is 4.18. The molecule has 4 nitrogen and oxygen atoms in total. The van der Waals surface area contributed by atoms with Crippen LogP contribution in [0.5, 0.6) is 5.75 Å². The molecule has 0 aliphatic heterocycles. The van der Waals surface area contributed by atoms with Crippen molar-refractivity contribution >= 4 is 11.8 Å². The van der Waals surface area contributed by atoms with E-state index >= 15 is 0 Å². The van der Waals surface area contributed by atoms with Crippen LogP contribution in [0, 0.1) is 11.3 Å². The van der Waals surface area contributed by atoms with E-state index < -0.39 is 0 Å². The highest BCUT2D eigenvalue weighted by atomic mass is 32.2. The number of aromatic nitrogens is 1. The fourth-order valence-electron chi connectivity index (χ4n) is 1.46. The third-order valence-electron chi connectivity index (χ3n) is 2.31. The number of rotatable bonds is 4. The van der Waals surface area contributed by atoms with Crippen LogP contribution in [0.1, 0.15) is 12.6 Å². The van der Waals surface area contributed by atoms with Gasteiger partial charge >= 0.3 is 0 Å². The van der Waals surface area contributed by atoms with Gasteiger partial charge in [-0.3, -0.25) is 0 Å². The van der Waals surface area contributed by atoms with Crippen molar-refractivity contribution in [3.63, 3.8) is 0 Å². The van der Waals surface area contributed by atoms with Crippen molar-refractivity contribution in [2.45, 2.75) is 12.0 Å². The van der Waals surface area contributed by atoms with Gasteiger partial charge in [0.05, 0.1) is 7.11 Å². The van der Waals surface area contributed by atoms with E-state index in [1.165, 1.54) is 11.8 Å². The van der Waals surface area contributed by atoms with Gasteiger partial charge in [-0.2, -0.15) is 10.2 Å². The van der Waals surface area contributed by atoms with E-state index in [0.717, 1.165) is 17.1 Å². The van der Waals surface area contributed by atoms with Crippen molar-refractivity contribution in [1.29, 1.82) is 5.26 Å². The van der Waals surface area contributed by atoms with Gasteiger partial charge in [0.15, 0.2) is 10.8 Å². The van der Waals surface area contributed by atoms with Gasteiger partial charge in [0.2, 0.25) is 5.89 Å². The Balaban J connectivity index is 2.35. The summed E-state index contributed by atoms with van der Waals surface area (Å²) < 4.78 is 10.7. The maximum atomic E-state index is 8.98. The number of hydrogen-bond acceptors (Lipinski definition) is 5. The molecule has 1 aromatic carbocycles. The summed E-state index contributed by atoms with van der Waals surface area (Å²) in [5.41, 5.74) is 1.17. The van der Waals surface area contributed by atoms with Gasteiger partial charge in [0, 0.05) is 5.56 Å². The molecule has 0 fully saturated rings. The Labute approximate surface area is 110 Å². The fourth-order valence-corrected chi connectivity index (χ4v) is 2.09. The van der Waals surface area contributed by atoms with E-state index in [1.54, 1.807) is 7.11 Å². The summed E-state index contributed by atoms with van der Waals surface area (Å²) in [6.45, 7) is 2.00. The van der Waals surface area contributed by atoms with Crippen LogP contribution in [0.15, 0.2) is 33.8 Å². The number of thioether (sulfide) groups is 1. The lowest BCUT2D eigenvalue weighted by Crippen LogP contribution is -1.83. The first-order valence-corrected chi connectivity index (χ1v) is 6.45. The van der Waals surface area contributed by atoms with E-state index in [1.807, 2.05) is 37.3 Å². The Morgan fingerprint density at radius 3 is 2.67 bits per heavy atom. The van der Waals surface area contributed by atoms with Crippen LogP contribution in [0.3, 0.4) is 0 Å². The lowest BCUT2D eigenvalue weighted by atomic mass is 10.2. The predicted molar refractivity (Wildman–Crippen MR) is 69.6 cm³/mol. The molecule has 5 heteroatoms. The topological polar surface area (TPSA) is 59.1 Å². The first-order chi connectivity index (χ1) is 8.78. The van der Waals surface area contributed by atoms with E-state index in [2.05, 4.69) is 4.98 Å². The summed E-state index contributed by atoms with van der Waals surface area (Å²) in [5.74, 6) is 2.07. The zero-order chi connectivity index (χ0) is 13.0. The van der Waals surface area contributed by atoms with E-state index in [-0.39, 0.29) is 0 Å². The third-order valence-corrected chi connectivity index (χ3v) is 3.14. The summed E-state index contributed by atoms with van der Waals surface area (Å²) >= 11 is 1.47. The van der Waals surface area contributed by atoms with Crippen LogP contribution < -0.4 is 4.74 Å². The van der Waals surface area contributed by atoms with Crippen molar-refractivity contribution < 1.29 is 9.15 Å². The lowest BCUT2D eigenvalue weighted by Gasteiger charge is -1.99. The third kappa shape index (κ3) is 2.49. The SMILES string of the molecule is CCSc1oc(-c2ccc(OC)cc2)nc1C#N. The van der Waals surface area contributed by atoms with Crippen molar-refractivity contribution in [1.82, 2.24) is 4.98 Å². The molecule has 2 aromatic rings. The normalized spacial score (nSPS) is 10.1. The molecule has 0 aliphatic carbocycles. The maximum Gasteiger partial charge on any atom is 0.228 e. The van der Waals surface area contributed by atoms with Crippen LogP contribution in [0.2, 0.25) is 0 Å². The van der Waals surface area contributed by atoms with Gasteiger partial charge in [-0.25, -0.2) is 0 Å². The molecule has 0 amide bonds. The summed E-state index contributed by atoms with van der Waals surface area (Å²) in [6, 6.07) is 9.41.